The maximum atomic E-state index is 12.2. The van der Waals surface area contributed by atoms with E-state index in [1.54, 1.807) is 4.90 Å². The van der Waals surface area contributed by atoms with Crippen LogP contribution < -0.4 is 4.90 Å². The van der Waals surface area contributed by atoms with Gasteiger partial charge in [-0.1, -0.05) is 12.1 Å². The van der Waals surface area contributed by atoms with Gasteiger partial charge in [-0.2, -0.15) is 0 Å². The summed E-state index contributed by atoms with van der Waals surface area (Å²) < 4.78 is 15.5. The average molecular weight is 348 g/mol. The van der Waals surface area contributed by atoms with Crippen molar-refractivity contribution in [2.45, 2.75) is 13.0 Å². The summed E-state index contributed by atoms with van der Waals surface area (Å²) in [7, 11) is 0. The van der Waals surface area contributed by atoms with Gasteiger partial charge in [-0.05, 0) is 24.6 Å². The molecule has 0 spiro atoms. The molecule has 0 radical (unpaired) electrons. The van der Waals surface area contributed by atoms with Gasteiger partial charge in [0.2, 0.25) is 0 Å². The van der Waals surface area contributed by atoms with Gasteiger partial charge in [0.25, 0.3) is 5.91 Å². The zero-order valence-electron chi connectivity index (χ0n) is 14.5. The molecule has 2 fully saturated rings. The monoisotopic (exact) mass is 348 g/mol. The Bertz CT molecular complexity index is 607. The van der Waals surface area contributed by atoms with Crippen molar-refractivity contribution in [1.82, 2.24) is 4.90 Å². The molecular formula is C18H24N2O5. The van der Waals surface area contributed by atoms with Gasteiger partial charge in [0.15, 0.2) is 12.7 Å². The second kappa shape index (κ2) is 8.31. The van der Waals surface area contributed by atoms with E-state index in [1.165, 1.54) is 11.3 Å². The van der Waals surface area contributed by atoms with E-state index >= 15 is 0 Å². The highest BCUT2D eigenvalue weighted by Gasteiger charge is 2.27. The summed E-state index contributed by atoms with van der Waals surface area (Å²) in [6.07, 6.45) is -0.722. The van der Waals surface area contributed by atoms with Crippen molar-refractivity contribution in [3.63, 3.8) is 0 Å². The average Bonchev–Trinajstić information content (AvgIpc) is 2.66. The SMILES string of the molecule is Cc1cccc(N2CCN(C(=O)COC(=O)[C@H]3COCCO3)CC2)c1. The van der Waals surface area contributed by atoms with Crippen LogP contribution in [0.15, 0.2) is 24.3 Å². The van der Waals surface area contributed by atoms with Crippen LogP contribution in [0, 0.1) is 6.92 Å². The van der Waals surface area contributed by atoms with E-state index in [0.717, 1.165) is 13.1 Å². The molecule has 2 saturated heterocycles. The first kappa shape index (κ1) is 17.7. The first-order chi connectivity index (χ1) is 12.1. The zero-order chi connectivity index (χ0) is 17.6. The highest BCUT2D eigenvalue weighted by atomic mass is 16.6. The van der Waals surface area contributed by atoms with Crippen LogP contribution in [0.4, 0.5) is 5.69 Å². The molecule has 7 nitrogen and oxygen atoms in total. The van der Waals surface area contributed by atoms with Crippen LogP contribution in [-0.4, -0.2) is 75.5 Å². The molecule has 136 valence electrons. The number of hydrogen-bond donors (Lipinski definition) is 0. The summed E-state index contributed by atoms with van der Waals surface area (Å²) in [5, 5.41) is 0. The van der Waals surface area contributed by atoms with Crippen LogP contribution in [0.25, 0.3) is 0 Å². The number of aryl methyl sites for hydroxylation is 1. The molecule has 0 N–H and O–H groups in total. The fourth-order valence-electron chi connectivity index (χ4n) is 2.98. The van der Waals surface area contributed by atoms with E-state index in [2.05, 4.69) is 30.0 Å². The number of ether oxygens (including phenoxy) is 3. The fraction of sp³-hybridized carbons (Fsp3) is 0.556. The molecule has 0 bridgehead atoms. The lowest BCUT2D eigenvalue weighted by molar-refractivity contribution is -0.173. The summed E-state index contributed by atoms with van der Waals surface area (Å²) in [6.45, 7) is 5.62. The molecule has 2 aliphatic heterocycles. The summed E-state index contributed by atoms with van der Waals surface area (Å²) in [6, 6.07) is 8.33. The third-order valence-corrected chi connectivity index (χ3v) is 4.42. The number of nitrogens with zero attached hydrogens (tertiary/aromatic N) is 2. The Balaban J connectivity index is 1.43. The minimum atomic E-state index is -0.722. The molecule has 1 amide bonds. The van der Waals surface area contributed by atoms with Gasteiger partial charge >= 0.3 is 5.97 Å². The van der Waals surface area contributed by atoms with Crippen LogP contribution in [0.2, 0.25) is 0 Å². The normalized spacial score (nSPS) is 21.1. The van der Waals surface area contributed by atoms with E-state index in [-0.39, 0.29) is 19.1 Å². The molecule has 2 aliphatic rings. The first-order valence-corrected chi connectivity index (χ1v) is 8.59. The lowest BCUT2D eigenvalue weighted by atomic mass is 10.2. The number of carbonyl (C=O) groups excluding carboxylic acids is 2. The van der Waals surface area contributed by atoms with Gasteiger partial charge in [0.05, 0.1) is 19.8 Å². The topological polar surface area (TPSA) is 68.3 Å². The number of carbonyl (C=O) groups is 2. The lowest BCUT2D eigenvalue weighted by Gasteiger charge is -2.36. The van der Waals surface area contributed by atoms with Crippen LogP contribution in [0.1, 0.15) is 5.56 Å². The smallest absolute Gasteiger partial charge is 0.338 e. The zero-order valence-corrected chi connectivity index (χ0v) is 14.5. The van der Waals surface area contributed by atoms with Gasteiger partial charge in [-0.15, -0.1) is 0 Å². The largest absolute Gasteiger partial charge is 0.454 e. The lowest BCUT2D eigenvalue weighted by Crippen LogP contribution is -2.50. The summed E-state index contributed by atoms with van der Waals surface area (Å²) in [5.74, 6) is -0.708. The predicted molar refractivity (Wildman–Crippen MR) is 91.5 cm³/mol. The molecule has 0 unspecified atom stereocenters. The number of anilines is 1. The van der Waals surface area contributed by atoms with Crippen LogP contribution >= 0.6 is 0 Å². The second-order valence-electron chi connectivity index (χ2n) is 6.25. The number of esters is 1. The van der Waals surface area contributed by atoms with E-state index in [9.17, 15) is 9.59 Å². The maximum Gasteiger partial charge on any atom is 0.338 e. The van der Waals surface area contributed by atoms with Crippen LogP contribution in [0.5, 0.6) is 0 Å². The Labute approximate surface area is 147 Å². The van der Waals surface area contributed by atoms with E-state index < -0.39 is 12.1 Å². The van der Waals surface area contributed by atoms with Gasteiger partial charge in [0.1, 0.15) is 0 Å². The third-order valence-electron chi connectivity index (χ3n) is 4.42. The van der Waals surface area contributed by atoms with E-state index in [4.69, 9.17) is 14.2 Å². The van der Waals surface area contributed by atoms with Gasteiger partial charge < -0.3 is 24.0 Å². The van der Waals surface area contributed by atoms with E-state index in [0.29, 0.717) is 26.3 Å². The van der Waals surface area contributed by atoms with Gasteiger partial charge in [0, 0.05) is 31.9 Å². The van der Waals surface area contributed by atoms with Crippen molar-refractivity contribution in [2.24, 2.45) is 0 Å². The fourth-order valence-corrected chi connectivity index (χ4v) is 2.98. The highest BCUT2D eigenvalue weighted by Crippen LogP contribution is 2.17. The van der Waals surface area contributed by atoms with E-state index in [1.807, 2.05) is 6.07 Å². The quantitative estimate of drug-likeness (QED) is 0.743. The molecule has 3 rings (SSSR count). The number of piperazine rings is 1. The Kier molecular flexibility index (Phi) is 5.88. The van der Waals surface area contributed by atoms with Crippen LogP contribution in [-0.2, 0) is 23.8 Å². The van der Waals surface area contributed by atoms with Gasteiger partial charge in [-0.25, -0.2) is 4.79 Å². The molecule has 1 aromatic rings. The van der Waals surface area contributed by atoms with Gasteiger partial charge in [-0.3, -0.25) is 4.79 Å². The van der Waals surface area contributed by atoms with Crippen molar-refractivity contribution in [3.8, 4) is 0 Å². The Morgan fingerprint density at radius 3 is 2.68 bits per heavy atom. The third kappa shape index (κ3) is 4.70. The van der Waals surface area contributed by atoms with Crippen molar-refractivity contribution in [1.29, 1.82) is 0 Å². The summed E-state index contributed by atoms with van der Waals surface area (Å²) >= 11 is 0. The molecule has 7 heteroatoms. The summed E-state index contributed by atoms with van der Waals surface area (Å²) in [5.41, 5.74) is 2.39. The number of hydrogen-bond acceptors (Lipinski definition) is 6. The minimum absolute atomic E-state index is 0.172. The number of rotatable bonds is 4. The van der Waals surface area contributed by atoms with Crippen LogP contribution in [0.3, 0.4) is 0 Å². The Morgan fingerprint density at radius 2 is 2.00 bits per heavy atom. The minimum Gasteiger partial charge on any atom is -0.454 e. The second-order valence-corrected chi connectivity index (χ2v) is 6.25. The maximum absolute atomic E-state index is 12.2. The van der Waals surface area contributed by atoms with Crippen molar-refractivity contribution >= 4 is 17.6 Å². The van der Waals surface area contributed by atoms with Crippen molar-refractivity contribution < 1.29 is 23.8 Å². The Morgan fingerprint density at radius 1 is 1.20 bits per heavy atom. The molecule has 1 aromatic carbocycles. The molecule has 0 saturated carbocycles. The molecule has 1 atom stereocenters. The first-order valence-electron chi connectivity index (χ1n) is 8.59. The molecule has 0 aromatic heterocycles. The molecule has 0 aliphatic carbocycles. The number of benzene rings is 1. The molecule has 2 heterocycles. The predicted octanol–water partition coefficient (Wildman–Crippen LogP) is 0.602. The number of amides is 1. The summed E-state index contributed by atoms with van der Waals surface area (Å²) in [4.78, 5) is 28.1. The standard InChI is InChI=1S/C18H24N2O5/c1-14-3-2-4-15(11-14)19-5-7-20(8-6-19)17(21)13-25-18(22)16-12-23-9-10-24-16/h2-4,11,16H,5-10,12-13H2,1H3/t16-/m1/s1. The molecule has 25 heavy (non-hydrogen) atoms. The molecular weight excluding hydrogens is 324 g/mol. The van der Waals surface area contributed by atoms with Crippen molar-refractivity contribution in [3.05, 3.63) is 29.8 Å². The Hall–Kier alpha value is -2.12. The highest BCUT2D eigenvalue weighted by molar-refractivity contribution is 5.82. The van der Waals surface area contributed by atoms with Crippen molar-refractivity contribution in [2.75, 3.05) is 57.5 Å².